The van der Waals surface area contributed by atoms with Crippen LogP contribution < -0.4 is 15.4 Å². The summed E-state index contributed by atoms with van der Waals surface area (Å²) in [6.07, 6.45) is 0.900. The minimum absolute atomic E-state index is 0.417. The molecule has 1 aromatic heterocycles. The highest BCUT2D eigenvalue weighted by molar-refractivity contribution is 5.61. The van der Waals surface area contributed by atoms with Gasteiger partial charge in [-0.15, -0.1) is 0 Å². The summed E-state index contributed by atoms with van der Waals surface area (Å²) in [7, 11) is 1.60. The predicted molar refractivity (Wildman–Crippen MR) is 78.5 cm³/mol. The predicted octanol–water partition coefficient (Wildman–Crippen LogP) is 2.18. The zero-order valence-electron chi connectivity index (χ0n) is 11.7. The maximum Gasteiger partial charge on any atom is 0.318 e. The van der Waals surface area contributed by atoms with Gasteiger partial charge in [0.1, 0.15) is 5.82 Å². The Morgan fingerprint density at radius 1 is 1.30 bits per heavy atom. The van der Waals surface area contributed by atoms with E-state index in [1.165, 1.54) is 5.56 Å². The number of aryl methyl sites for hydroxylation is 1. The van der Waals surface area contributed by atoms with Crippen molar-refractivity contribution in [1.29, 1.82) is 0 Å². The minimum Gasteiger partial charge on any atom is -0.467 e. The fraction of sp³-hybridized carbons (Fsp3) is 0.333. The van der Waals surface area contributed by atoms with Crippen molar-refractivity contribution in [3.63, 3.8) is 0 Å². The van der Waals surface area contributed by atoms with E-state index >= 15 is 0 Å². The van der Waals surface area contributed by atoms with Crippen molar-refractivity contribution in [3.8, 4) is 6.01 Å². The average Bonchev–Trinajstić information content (AvgIpc) is 2.47. The molecule has 5 nitrogen and oxygen atoms in total. The molecule has 2 N–H and O–H groups in total. The molecule has 0 radical (unpaired) electrons. The molecular weight excluding hydrogens is 252 g/mol. The minimum atomic E-state index is 0.417. The molecule has 0 amide bonds. The molecule has 5 heteroatoms. The van der Waals surface area contributed by atoms with Gasteiger partial charge in [-0.1, -0.05) is 12.1 Å². The first-order chi connectivity index (χ1) is 9.76. The number of nitrogens with one attached hydrogen (secondary N) is 2. The summed E-state index contributed by atoms with van der Waals surface area (Å²) in [4.78, 5) is 8.88. The number of hydrogen-bond acceptors (Lipinski definition) is 5. The Kier molecular flexibility index (Phi) is 3.52. The fourth-order valence-corrected chi connectivity index (χ4v) is 2.37. The molecule has 0 aliphatic carbocycles. The zero-order chi connectivity index (χ0) is 13.9. The molecule has 0 saturated carbocycles. The third-order valence-electron chi connectivity index (χ3n) is 3.38. The van der Waals surface area contributed by atoms with Crippen molar-refractivity contribution in [2.24, 2.45) is 0 Å². The lowest BCUT2D eigenvalue weighted by Crippen LogP contribution is -2.26. The van der Waals surface area contributed by atoms with Crippen molar-refractivity contribution in [3.05, 3.63) is 41.1 Å². The SMILES string of the molecule is COc1nc2c(c(Nc3cccc(C)c3)n1)CNCC2. The first kappa shape index (κ1) is 12.9. The van der Waals surface area contributed by atoms with Crippen LogP contribution in [0.4, 0.5) is 11.5 Å². The van der Waals surface area contributed by atoms with Gasteiger partial charge in [-0.25, -0.2) is 0 Å². The Bertz CT molecular complexity index is 627. The molecule has 1 aliphatic heterocycles. The van der Waals surface area contributed by atoms with E-state index in [1.807, 2.05) is 12.1 Å². The van der Waals surface area contributed by atoms with E-state index in [2.05, 4.69) is 39.7 Å². The van der Waals surface area contributed by atoms with Gasteiger partial charge in [-0.3, -0.25) is 0 Å². The molecule has 1 aliphatic rings. The standard InChI is InChI=1S/C15H18N4O/c1-10-4-3-5-11(8-10)17-14-12-9-16-7-6-13(12)18-15(19-14)20-2/h3-5,8,16H,6-7,9H2,1-2H3,(H,17,18,19). The van der Waals surface area contributed by atoms with Gasteiger partial charge in [-0.2, -0.15) is 9.97 Å². The van der Waals surface area contributed by atoms with Crippen LogP contribution in [0.2, 0.25) is 0 Å². The van der Waals surface area contributed by atoms with Gasteiger partial charge in [0.15, 0.2) is 0 Å². The summed E-state index contributed by atoms with van der Waals surface area (Å²) in [5.74, 6) is 0.824. The zero-order valence-corrected chi connectivity index (χ0v) is 11.7. The van der Waals surface area contributed by atoms with Gasteiger partial charge >= 0.3 is 6.01 Å². The van der Waals surface area contributed by atoms with Crippen molar-refractivity contribution >= 4 is 11.5 Å². The summed E-state index contributed by atoms with van der Waals surface area (Å²) in [5, 5.41) is 6.73. The summed E-state index contributed by atoms with van der Waals surface area (Å²) >= 11 is 0. The van der Waals surface area contributed by atoms with Gasteiger partial charge in [0.2, 0.25) is 0 Å². The van der Waals surface area contributed by atoms with E-state index in [0.29, 0.717) is 6.01 Å². The van der Waals surface area contributed by atoms with E-state index in [0.717, 1.165) is 42.3 Å². The number of methoxy groups -OCH3 is 1. The monoisotopic (exact) mass is 270 g/mol. The van der Waals surface area contributed by atoms with E-state index in [4.69, 9.17) is 4.74 Å². The third-order valence-corrected chi connectivity index (χ3v) is 3.38. The van der Waals surface area contributed by atoms with Gasteiger partial charge in [0.05, 0.1) is 12.8 Å². The molecule has 0 unspecified atom stereocenters. The molecule has 20 heavy (non-hydrogen) atoms. The lowest BCUT2D eigenvalue weighted by molar-refractivity contribution is 0.377. The average molecular weight is 270 g/mol. The van der Waals surface area contributed by atoms with E-state index in [1.54, 1.807) is 7.11 Å². The summed E-state index contributed by atoms with van der Waals surface area (Å²) < 4.78 is 5.20. The third kappa shape index (κ3) is 2.58. The van der Waals surface area contributed by atoms with E-state index < -0.39 is 0 Å². The second-order valence-electron chi connectivity index (χ2n) is 4.91. The van der Waals surface area contributed by atoms with Crippen LogP contribution in [0.1, 0.15) is 16.8 Å². The molecule has 2 aromatic rings. The number of nitrogens with zero attached hydrogens (tertiary/aromatic N) is 2. The Labute approximate surface area is 118 Å². The highest BCUT2D eigenvalue weighted by Gasteiger charge is 2.18. The molecule has 0 saturated heterocycles. The fourth-order valence-electron chi connectivity index (χ4n) is 2.37. The second kappa shape index (κ2) is 5.46. The van der Waals surface area contributed by atoms with Crippen LogP contribution in [0, 0.1) is 6.92 Å². The molecule has 0 fully saturated rings. The molecule has 1 aromatic carbocycles. The highest BCUT2D eigenvalue weighted by Crippen LogP contribution is 2.25. The summed E-state index contributed by atoms with van der Waals surface area (Å²) in [5.41, 5.74) is 4.42. The maximum atomic E-state index is 5.20. The topological polar surface area (TPSA) is 59.1 Å². The first-order valence-electron chi connectivity index (χ1n) is 6.74. The number of fused-ring (bicyclic) bond motifs is 1. The Balaban J connectivity index is 1.99. The highest BCUT2D eigenvalue weighted by atomic mass is 16.5. The van der Waals surface area contributed by atoms with Crippen molar-refractivity contribution in [1.82, 2.24) is 15.3 Å². The quantitative estimate of drug-likeness (QED) is 0.895. The Hall–Kier alpha value is -2.14. The summed E-state index contributed by atoms with van der Waals surface area (Å²) in [6, 6.07) is 8.64. The second-order valence-corrected chi connectivity index (χ2v) is 4.91. The number of hydrogen-bond donors (Lipinski definition) is 2. The van der Waals surface area contributed by atoms with Crippen LogP contribution in [-0.4, -0.2) is 23.6 Å². The van der Waals surface area contributed by atoms with E-state index in [9.17, 15) is 0 Å². The van der Waals surface area contributed by atoms with Crippen molar-refractivity contribution in [2.75, 3.05) is 19.0 Å². The van der Waals surface area contributed by atoms with Gasteiger partial charge < -0.3 is 15.4 Å². The molecule has 0 spiro atoms. The smallest absolute Gasteiger partial charge is 0.318 e. The molecule has 0 atom stereocenters. The number of benzene rings is 1. The molecule has 3 rings (SSSR count). The Morgan fingerprint density at radius 3 is 3.00 bits per heavy atom. The van der Waals surface area contributed by atoms with Crippen LogP contribution in [0.25, 0.3) is 0 Å². The summed E-state index contributed by atoms with van der Waals surface area (Å²) in [6.45, 7) is 3.80. The van der Waals surface area contributed by atoms with Gasteiger partial charge in [-0.05, 0) is 24.6 Å². The van der Waals surface area contributed by atoms with Crippen LogP contribution in [0.3, 0.4) is 0 Å². The molecule has 104 valence electrons. The van der Waals surface area contributed by atoms with Gasteiger partial charge in [0, 0.05) is 30.8 Å². The Morgan fingerprint density at radius 2 is 2.20 bits per heavy atom. The van der Waals surface area contributed by atoms with Crippen LogP contribution >= 0.6 is 0 Å². The normalized spacial score (nSPS) is 13.7. The van der Waals surface area contributed by atoms with Gasteiger partial charge in [0.25, 0.3) is 0 Å². The van der Waals surface area contributed by atoms with E-state index in [-0.39, 0.29) is 0 Å². The lowest BCUT2D eigenvalue weighted by Gasteiger charge is -2.20. The van der Waals surface area contributed by atoms with Crippen LogP contribution in [0.15, 0.2) is 24.3 Å². The molecule has 2 heterocycles. The number of aromatic nitrogens is 2. The number of ether oxygens (including phenoxy) is 1. The molecular formula is C15H18N4O. The number of rotatable bonds is 3. The number of anilines is 2. The first-order valence-corrected chi connectivity index (χ1v) is 6.74. The lowest BCUT2D eigenvalue weighted by atomic mass is 10.1. The largest absolute Gasteiger partial charge is 0.467 e. The maximum absolute atomic E-state index is 5.20. The molecule has 0 bridgehead atoms. The van der Waals surface area contributed by atoms with Crippen LogP contribution in [-0.2, 0) is 13.0 Å². The van der Waals surface area contributed by atoms with Crippen molar-refractivity contribution in [2.45, 2.75) is 19.9 Å². The van der Waals surface area contributed by atoms with Crippen LogP contribution in [0.5, 0.6) is 6.01 Å². The van der Waals surface area contributed by atoms with Crippen molar-refractivity contribution < 1.29 is 4.74 Å².